The summed E-state index contributed by atoms with van der Waals surface area (Å²) in [4.78, 5) is 12.1. The summed E-state index contributed by atoms with van der Waals surface area (Å²) in [5.74, 6) is -0.00115. The van der Waals surface area contributed by atoms with Crippen molar-refractivity contribution in [2.75, 3.05) is 0 Å². The fourth-order valence-electron chi connectivity index (χ4n) is 2.16. The fourth-order valence-corrected chi connectivity index (χ4v) is 2.41. The third kappa shape index (κ3) is 3.35. The minimum Gasteiger partial charge on any atom is -0.345 e. The second kappa shape index (κ2) is 6.53. The number of carbonyl (C=O) groups is 1. The molecule has 0 unspecified atom stereocenters. The van der Waals surface area contributed by atoms with Gasteiger partial charge in [0.1, 0.15) is 5.82 Å². The summed E-state index contributed by atoms with van der Waals surface area (Å²) in [7, 11) is 0. The molecular weight excluding hydrogens is 315 g/mol. The van der Waals surface area contributed by atoms with Crippen molar-refractivity contribution in [2.24, 2.45) is 0 Å². The molecule has 2 aromatic carbocycles. The first-order valence-electron chi connectivity index (χ1n) is 6.90. The lowest BCUT2D eigenvalue weighted by Gasteiger charge is -2.08. The van der Waals surface area contributed by atoms with Gasteiger partial charge in [0.25, 0.3) is 5.91 Å². The second-order valence-corrected chi connectivity index (χ2v) is 5.19. The van der Waals surface area contributed by atoms with Gasteiger partial charge in [-0.25, -0.2) is 4.39 Å². The SMILES string of the molecule is O=C(NCc1n[nH]c(=S)n1-c1ccc(F)cc1)c1ccccc1. The number of nitrogens with one attached hydrogen (secondary N) is 2. The molecule has 0 aliphatic carbocycles. The molecule has 5 nitrogen and oxygen atoms in total. The second-order valence-electron chi connectivity index (χ2n) is 4.81. The minimum absolute atomic E-state index is 0.193. The first-order valence-corrected chi connectivity index (χ1v) is 7.31. The van der Waals surface area contributed by atoms with Crippen LogP contribution in [0.2, 0.25) is 0 Å². The Labute approximate surface area is 136 Å². The molecule has 0 fully saturated rings. The van der Waals surface area contributed by atoms with Crippen LogP contribution in [0.3, 0.4) is 0 Å². The Bertz CT molecular complexity index is 871. The van der Waals surface area contributed by atoms with Crippen LogP contribution in [0.15, 0.2) is 54.6 Å². The highest BCUT2D eigenvalue weighted by Crippen LogP contribution is 2.12. The van der Waals surface area contributed by atoms with E-state index in [9.17, 15) is 9.18 Å². The van der Waals surface area contributed by atoms with E-state index in [1.165, 1.54) is 12.1 Å². The quantitative estimate of drug-likeness (QED) is 0.724. The number of amides is 1. The van der Waals surface area contributed by atoms with Crippen molar-refractivity contribution < 1.29 is 9.18 Å². The van der Waals surface area contributed by atoms with E-state index in [4.69, 9.17) is 12.2 Å². The monoisotopic (exact) mass is 328 g/mol. The molecular formula is C16H13FN4OS. The van der Waals surface area contributed by atoms with Gasteiger partial charge in [0.2, 0.25) is 0 Å². The number of H-pyrrole nitrogens is 1. The molecule has 1 aromatic heterocycles. The summed E-state index contributed by atoms with van der Waals surface area (Å²) in [6.45, 7) is 0.193. The maximum Gasteiger partial charge on any atom is 0.251 e. The van der Waals surface area contributed by atoms with Gasteiger partial charge in [-0.15, -0.1) is 0 Å². The van der Waals surface area contributed by atoms with Gasteiger partial charge in [-0.05, 0) is 48.6 Å². The van der Waals surface area contributed by atoms with Gasteiger partial charge >= 0.3 is 0 Å². The molecule has 116 valence electrons. The zero-order chi connectivity index (χ0) is 16.2. The maximum atomic E-state index is 13.1. The number of hydrogen-bond donors (Lipinski definition) is 2. The number of nitrogens with zero attached hydrogens (tertiary/aromatic N) is 2. The summed E-state index contributed by atoms with van der Waals surface area (Å²) in [6.07, 6.45) is 0. The Kier molecular flexibility index (Phi) is 4.29. The Morgan fingerprint density at radius 3 is 2.57 bits per heavy atom. The van der Waals surface area contributed by atoms with Crippen LogP contribution in [0, 0.1) is 10.6 Å². The molecule has 0 aliphatic heterocycles. The Morgan fingerprint density at radius 2 is 1.87 bits per heavy atom. The summed E-state index contributed by atoms with van der Waals surface area (Å²) in [5.41, 5.74) is 1.24. The lowest BCUT2D eigenvalue weighted by molar-refractivity contribution is 0.0949. The molecule has 0 radical (unpaired) electrons. The van der Waals surface area contributed by atoms with Gasteiger partial charge in [0.15, 0.2) is 10.6 Å². The molecule has 0 saturated heterocycles. The number of rotatable bonds is 4. The summed E-state index contributed by atoms with van der Waals surface area (Å²) in [5, 5.41) is 9.59. The lowest BCUT2D eigenvalue weighted by atomic mass is 10.2. The maximum absolute atomic E-state index is 13.1. The van der Waals surface area contributed by atoms with Gasteiger partial charge in [-0.1, -0.05) is 18.2 Å². The molecule has 0 atom stereocenters. The zero-order valence-corrected chi connectivity index (χ0v) is 12.8. The first-order chi connectivity index (χ1) is 11.1. The molecule has 2 N–H and O–H groups in total. The highest BCUT2D eigenvalue weighted by atomic mass is 32.1. The van der Waals surface area contributed by atoms with Crippen LogP contribution >= 0.6 is 12.2 Å². The van der Waals surface area contributed by atoms with Crippen molar-refractivity contribution in [1.82, 2.24) is 20.1 Å². The molecule has 23 heavy (non-hydrogen) atoms. The summed E-state index contributed by atoms with van der Waals surface area (Å²) >= 11 is 5.20. The average Bonchev–Trinajstić information content (AvgIpc) is 2.95. The van der Waals surface area contributed by atoms with Gasteiger partial charge in [0.05, 0.1) is 6.54 Å². The van der Waals surface area contributed by atoms with Gasteiger partial charge in [-0.2, -0.15) is 5.10 Å². The van der Waals surface area contributed by atoms with Crippen molar-refractivity contribution >= 4 is 18.1 Å². The van der Waals surface area contributed by atoms with Crippen molar-refractivity contribution in [3.63, 3.8) is 0 Å². The normalized spacial score (nSPS) is 10.5. The predicted octanol–water partition coefficient (Wildman–Crippen LogP) is 3.00. The molecule has 7 heteroatoms. The zero-order valence-electron chi connectivity index (χ0n) is 12.0. The van der Waals surface area contributed by atoms with E-state index in [1.807, 2.05) is 6.07 Å². The van der Waals surface area contributed by atoms with E-state index in [1.54, 1.807) is 41.0 Å². The number of aromatic amines is 1. The van der Waals surface area contributed by atoms with Gasteiger partial charge < -0.3 is 5.32 Å². The predicted molar refractivity (Wildman–Crippen MR) is 86.3 cm³/mol. The minimum atomic E-state index is -0.331. The molecule has 1 heterocycles. The Balaban J connectivity index is 1.81. The molecule has 0 saturated carbocycles. The van der Waals surface area contributed by atoms with Gasteiger partial charge in [0, 0.05) is 11.3 Å². The number of benzene rings is 2. The van der Waals surface area contributed by atoms with Crippen LogP contribution in [0.5, 0.6) is 0 Å². The van der Waals surface area contributed by atoms with Crippen LogP contribution < -0.4 is 5.32 Å². The average molecular weight is 328 g/mol. The van der Waals surface area contributed by atoms with Crippen molar-refractivity contribution in [2.45, 2.75) is 6.54 Å². The van der Waals surface area contributed by atoms with Crippen molar-refractivity contribution in [1.29, 1.82) is 0 Å². The van der Waals surface area contributed by atoms with Crippen LogP contribution in [0.1, 0.15) is 16.2 Å². The first kappa shape index (κ1) is 15.1. The topological polar surface area (TPSA) is 62.7 Å². The van der Waals surface area contributed by atoms with Crippen molar-refractivity contribution in [3.05, 3.63) is 76.6 Å². The highest BCUT2D eigenvalue weighted by molar-refractivity contribution is 7.71. The number of aromatic nitrogens is 3. The number of carbonyl (C=O) groups excluding carboxylic acids is 1. The highest BCUT2D eigenvalue weighted by Gasteiger charge is 2.11. The van der Waals surface area contributed by atoms with Crippen LogP contribution in [0.4, 0.5) is 4.39 Å². The lowest BCUT2D eigenvalue weighted by Crippen LogP contribution is -2.24. The summed E-state index contributed by atoms with van der Waals surface area (Å²) in [6, 6.07) is 14.8. The van der Waals surface area contributed by atoms with E-state index < -0.39 is 0 Å². The van der Waals surface area contributed by atoms with E-state index in [-0.39, 0.29) is 18.3 Å². The molecule has 0 spiro atoms. The number of halogens is 1. The third-order valence-electron chi connectivity index (χ3n) is 3.27. The van der Waals surface area contributed by atoms with Crippen LogP contribution in [-0.4, -0.2) is 20.7 Å². The summed E-state index contributed by atoms with van der Waals surface area (Å²) < 4.78 is 15.1. The third-order valence-corrected chi connectivity index (χ3v) is 3.54. The van der Waals surface area contributed by atoms with E-state index in [0.717, 1.165) is 0 Å². The smallest absolute Gasteiger partial charge is 0.251 e. The fraction of sp³-hybridized carbons (Fsp3) is 0.0625. The Morgan fingerprint density at radius 1 is 1.17 bits per heavy atom. The van der Waals surface area contributed by atoms with E-state index >= 15 is 0 Å². The molecule has 1 amide bonds. The van der Waals surface area contributed by atoms with Crippen LogP contribution in [-0.2, 0) is 6.54 Å². The Hall–Kier alpha value is -2.80. The number of hydrogen-bond acceptors (Lipinski definition) is 3. The molecule has 3 aromatic rings. The van der Waals surface area contributed by atoms with E-state index in [2.05, 4.69) is 15.5 Å². The molecule has 0 aliphatic rings. The van der Waals surface area contributed by atoms with E-state index in [0.29, 0.717) is 21.8 Å². The van der Waals surface area contributed by atoms with Crippen LogP contribution in [0.25, 0.3) is 5.69 Å². The van der Waals surface area contributed by atoms with Gasteiger partial charge in [-0.3, -0.25) is 14.5 Å². The molecule has 0 bridgehead atoms. The van der Waals surface area contributed by atoms with Crippen molar-refractivity contribution in [3.8, 4) is 5.69 Å². The standard InChI is InChI=1S/C16H13FN4OS/c17-12-6-8-13(9-7-12)21-14(19-20-16(21)23)10-18-15(22)11-4-2-1-3-5-11/h1-9H,10H2,(H,18,22)(H,20,23). The largest absolute Gasteiger partial charge is 0.345 e. The molecule has 3 rings (SSSR count).